The lowest BCUT2D eigenvalue weighted by Gasteiger charge is -1.99. The molecule has 0 amide bonds. The molecule has 0 aromatic rings. The average molecular weight is 215 g/mol. The fourth-order valence-corrected chi connectivity index (χ4v) is 0.862. The fourth-order valence-electron chi connectivity index (χ4n) is 0.0958. The predicted molar refractivity (Wildman–Crippen MR) is 39.4 cm³/mol. The van der Waals surface area contributed by atoms with Gasteiger partial charge in [-0.05, 0) is 23.2 Å². The van der Waals surface area contributed by atoms with E-state index in [0.29, 0.717) is 0 Å². The highest BCUT2D eigenvalue weighted by atomic mass is 35.6. The lowest BCUT2D eigenvalue weighted by Crippen LogP contribution is -1.96. The van der Waals surface area contributed by atoms with Crippen LogP contribution in [-0.2, 0) is 0 Å². The summed E-state index contributed by atoms with van der Waals surface area (Å²) < 4.78 is -2.04. The maximum absolute atomic E-state index is 5.10. The standard InChI is InChI=1S/C2Cl5N/c3-1(4)8-2(5,6)7. The van der Waals surface area contributed by atoms with Gasteiger partial charge >= 0.3 is 0 Å². The molecule has 0 unspecified atom stereocenters. The molecular formula is C2Cl5N. The van der Waals surface area contributed by atoms with Crippen molar-refractivity contribution in [1.82, 2.24) is 0 Å². The molecule has 0 atom stereocenters. The van der Waals surface area contributed by atoms with Gasteiger partial charge in [-0.25, -0.2) is 4.99 Å². The molecular weight excluding hydrogens is 215 g/mol. The molecule has 0 radical (unpaired) electrons. The third-order valence-electron chi connectivity index (χ3n) is 0.211. The molecule has 1 nitrogen and oxygen atoms in total. The first-order valence-electron chi connectivity index (χ1n) is 1.39. The van der Waals surface area contributed by atoms with Crippen molar-refractivity contribution in [3.63, 3.8) is 0 Å². The zero-order valence-corrected chi connectivity index (χ0v) is 7.12. The van der Waals surface area contributed by atoms with Crippen molar-refractivity contribution in [3.05, 3.63) is 0 Å². The van der Waals surface area contributed by atoms with Crippen LogP contribution in [0.15, 0.2) is 4.99 Å². The van der Waals surface area contributed by atoms with Crippen LogP contribution in [0.3, 0.4) is 0 Å². The highest BCUT2D eigenvalue weighted by Gasteiger charge is 2.17. The molecule has 0 spiro atoms. The van der Waals surface area contributed by atoms with Gasteiger partial charge < -0.3 is 0 Å². The zero-order chi connectivity index (χ0) is 6.78. The Bertz CT molecular complexity index is 97.5. The maximum atomic E-state index is 5.10. The Kier molecular flexibility index (Phi) is 3.79. The second kappa shape index (κ2) is 3.33. The lowest BCUT2D eigenvalue weighted by atomic mass is 11.3. The van der Waals surface area contributed by atoms with E-state index in [4.69, 9.17) is 58.0 Å². The molecule has 0 N–H and O–H groups in total. The first-order valence-corrected chi connectivity index (χ1v) is 3.28. The zero-order valence-electron chi connectivity index (χ0n) is 3.34. The molecule has 0 saturated carbocycles. The summed E-state index contributed by atoms with van der Waals surface area (Å²) in [6.07, 6.45) is 0. The molecule has 6 heteroatoms. The number of hydrogen-bond acceptors (Lipinski definition) is 1. The summed E-state index contributed by atoms with van der Waals surface area (Å²) in [5.41, 5.74) is 0. The van der Waals surface area contributed by atoms with Crippen molar-refractivity contribution in [2.75, 3.05) is 0 Å². The van der Waals surface area contributed by atoms with Crippen LogP contribution in [-0.4, -0.2) is 8.55 Å². The summed E-state index contributed by atoms with van der Waals surface area (Å²) in [5, 5.41) is 0. The second-order valence-electron chi connectivity index (χ2n) is 0.820. The Morgan fingerprint density at radius 3 is 1.50 bits per heavy atom. The van der Waals surface area contributed by atoms with Crippen molar-refractivity contribution in [1.29, 1.82) is 0 Å². The highest BCUT2D eigenvalue weighted by Crippen LogP contribution is 2.28. The maximum Gasteiger partial charge on any atom is 0.287 e. The minimum Gasteiger partial charge on any atom is -0.209 e. The smallest absolute Gasteiger partial charge is 0.209 e. The average Bonchev–Trinajstić information content (AvgIpc) is 1.21. The molecule has 8 heavy (non-hydrogen) atoms. The summed E-state index contributed by atoms with van der Waals surface area (Å²) in [6, 6.07) is 0. The number of aliphatic imine (C=N–C) groups is 1. The normalized spacial score (nSPS) is 11.1. The minimum absolute atomic E-state index is 0.301. The number of alkyl halides is 3. The topological polar surface area (TPSA) is 12.4 Å². The van der Waals surface area contributed by atoms with Gasteiger partial charge in [0.2, 0.25) is 0 Å². The second-order valence-corrected chi connectivity index (χ2v) is 3.95. The van der Waals surface area contributed by atoms with Crippen molar-refractivity contribution >= 4 is 62.6 Å². The van der Waals surface area contributed by atoms with Crippen molar-refractivity contribution in [2.45, 2.75) is 3.92 Å². The molecule has 0 bridgehead atoms. The molecule has 0 aliphatic rings. The predicted octanol–water partition coefficient (Wildman–Crippen LogP) is 3.15. The van der Waals surface area contributed by atoms with Gasteiger partial charge in [-0.15, -0.1) is 0 Å². The summed E-state index contributed by atoms with van der Waals surface area (Å²) in [4.78, 5) is 3.15. The Labute approximate surface area is 71.5 Å². The van der Waals surface area contributed by atoms with Crippen LogP contribution < -0.4 is 0 Å². The van der Waals surface area contributed by atoms with Crippen LogP contribution in [0, 0.1) is 0 Å². The van der Waals surface area contributed by atoms with Gasteiger partial charge in [-0.1, -0.05) is 34.8 Å². The summed E-state index contributed by atoms with van der Waals surface area (Å²) in [6.45, 7) is 0. The third kappa shape index (κ3) is 7.12. The van der Waals surface area contributed by atoms with Gasteiger partial charge in [0.15, 0.2) is 4.63 Å². The summed E-state index contributed by atoms with van der Waals surface area (Å²) >= 11 is 25.4. The fraction of sp³-hybridized carbons (Fsp3) is 0.500. The minimum atomic E-state index is -1.74. The van der Waals surface area contributed by atoms with Crippen molar-refractivity contribution in [3.8, 4) is 0 Å². The van der Waals surface area contributed by atoms with E-state index < -0.39 is 3.92 Å². The van der Waals surface area contributed by atoms with Crippen molar-refractivity contribution in [2.24, 2.45) is 4.99 Å². The van der Waals surface area contributed by atoms with Crippen molar-refractivity contribution < 1.29 is 0 Å². The Morgan fingerprint density at radius 1 is 1.12 bits per heavy atom. The molecule has 0 aliphatic carbocycles. The number of rotatable bonds is 0. The lowest BCUT2D eigenvalue weighted by molar-refractivity contribution is 1.18. The van der Waals surface area contributed by atoms with Crippen LogP contribution >= 0.6 is 58.0 Å². The molecule has 48 valence electrons. The van der Waals surface area contributed by atoms with E-state index in [0.717, 1.165) is 0 Å². The van der Waals surface area contributed by atoms with E-state index in [2.05, 4.69) is 4.99 Å². The Balaban J connectivity index is 3.89. The molecule has 0 fully saturated rings. The van der Waals surface area contributed by atoms with Crippen LogP contribution in [0.25, 0.3) is 0 Å². The van der Waals surface area contributed by atoms with E-state index >= 15 is 0 Å². The first-order chi connectivity index (χ1) is 3.42. The van der Waals surface area contributed by atoms with Gasteiger partial charge in [-0.2, -0.15) is 0 Å². The molecule has 0 aromatic carbocycles. The monoisotopic (exact) mass is 213 g/mol. The van der Waals surface area contributed by atoms with E-state index in [1.54, 1.807) is 0 Å². The number of nitrogens with zero attached hydrogens (tertiary/aromatic N) is 1. The van der Waals surface area contributed by atoms with Crippen LogP contribution in [0.5, 0.6) is 0 Å². The quantitative estimate of drug-likeness (QED) is 0.334. The largest absolute Gasteiger partial charge is 0.287 e. The van der Waals surface area contributed by atoms with Gasteiger partial charge in [-0.3, -0.25) is 0 Å². The summed E-state index contributed by atoms with van der Waals surface area (Å²) in [5.74, 6) is 0. The Morgan fingerprint density at radius 2 is 1.50 bits per heavy atom. The molecule has 0 rings (SSSR count). The Hall–Kier alpha value is 1.12. The van der Waals surface area contributed by atoms with Gasteiger partial charge in [0.05, 0.1) is 0 Å². The van der Waals surface area contributed by atoms with E-state index in [1.165, 1.54) is 0 Å². The third-order valence-corrected chi connectivity index (χ3v) is 0.634. The SMILES string of the molecule is ClC(Cl)=NC(Cl)(Cl)Cl. The number of halogens is 5. The van der Waals surface area contributed by atoms with Crippen LogP contribution in [0.1, 0.15) is 0 Å². The molecule has 0 heterocycles. The molecule has 0 aliphatic heterocycles. The first kappa shape index (κ1) is 9.12. The number of hydrogen-bond donors (Lipinski definition) is 0. The van der Waals surface area contributed by atoms with Gasteiger partial charge in [0.25, 0.3) is 3.92 Å². The van der Waals surface area contributed by atoms with Gasteiger partial charge in [0.1, 0.15) is 0 Å². The molecule has 0 aromatic heterocycles. The highest BCUT2D eigenvalue weighted by molar-refractivity contribution is 6.96. The van der Waals surface area contributed by atoms with E-state index in [-0.39, 0.29) is 4.63 Å². The van der Waals surface area contributed by atoms with E-state index in [1.807, 2.05) is 0 Å². The van der Waals surface area contributed by atoms with Gasteiger partial charge in [0, 0.05) is 0 Å². The van der Waals surface area contributed by atoms with E-state index in [9.17, 15) is 0 Å². The van der Waals surface area contributed by atoms with Crippen LogP contribution in [0.4, 0.5) is 0 Å². The molecule has 0 saturated heterocycles. The van der Waals surface area contributed by atoms with Crippen LogP contribution in [0.2, 0.25) is 0 Å². The summed E-state index contributed by atoms with van der Waals surface area (Å²) in [7, 11) is 0.